The molecule has 3 nitrogen and oxygen atoms in total. The standard InChI is InChI=1S/C19H19ClO3/c20-14-9-7-13(8-10-14)16(15-4-1-2-5-17(15)21)12-18(22)19-6-3-11-23-19/h3,6-11,15-16H,1-2,4-5,12H2/t15-,16-/m1/s1. The van der Waals surface area contributed by atoms with Gasteiger partial charge in [-0.15, -0.1) is 0 Å². The zero-order chi connectivity index (χ0) is 16.2. The van der Waals surface area contributed by atoms with E-state index in [4.69, 9.17) is 16.0 Å². The van der Waals surface area contributed by atoms with Gasteiger partial charge in [-0.05, 0) is 42.7 Å². The number of Topliss-reactive ketones (excluding diaryl/α,β-unsaturated/α-hetero) is 2. The summed E-state index contributed by atoms with van der Waals surface area (Å²) in [6.45, 7) is 0. The van der Waals surface area contributed by atoms with Crippen molar-refractivity contribution in [1.29, 1.82) is 0 Å². The quantitative estimate of drug-likeness (QED) is 0.721. The van der Waals surface area contributed by atoms with E-state index in [-0.39, 0.29) is 29.8 Å². The van der Waals surface area contributed by atoms with Crippen LogP contribution in [0.25, 0.3) is 0 Å². The average molecular weight is 331 g/mol. The average Bonchev–Trinajstić information content (AvgIpc) is 3.09. The number of hydrogen-bond acceptors (Lipinski definition) is 3. The molecule has 2 atom stereocenters. The fourth-order valence-electron chi connectivity index (χ4n) is 3.38. The Kier molecular flexibility index (Phi) is 4.97. The second-order valence-corrected chi connectivity index (χ2v) is 6.52. The van der Waals surface area contributed by atoms with Crippen LogP contribution < -0.4 is 0 Å². The van der Waals surface area contributed by atoms with E-state index in [9.17, 15) is 9.59 Å². The van der Waals surface area contributed by atoms with Crippen molar-refractivity contribution < 1.29 is 14.0 Å². The number of carbonyl (C=O) groups excluding carboxylic acids is 2. The van der Waals surface area contributed by atoms with Gasteiger partial charge in [-0.25, -0.2) is 0 Å². The van der Waals surface area contributed by atoms with E-state index in [2.05, 4.69) is 0 Å². The summed E-state index contributed by atoms with van der Waals surface area (Å²) in [6, 6.07) is 10.8. The highest BCUT2D eigenvalue weighted by Gasteiger charge is 2.33. The molecular formula is C19H19ClO3. The van der Waals surface area contributed by atoms with Crippen LogP contribution in [0.3, 0.4) is 0 Å². The zero-order valence-corrected chi connectivity index (χ0v) is 13.6. The molecule has 0 bridgehead atoms. The fourth-order valence-corrected chi connectivity index (χ4v) is 3.50. The van der Waals surface area contributed by atoms with Crippen molar-refractivity contribution >= 4 is 23.2 Å². The molecular weight excluding hydrogens is 312 g/mol. The van der Waals surface area contributed by atoms with E-state index in [1.165, 1.54) is 6.26 Å². The number of rotatable bonds is 5. The van der Waals surface area contributed by atoms with Gasteiger partial charge < -0.3 is 4.42 Å². The topological polar surface area (TPSA) is 47.3 Å². The fraction of sp³-hybridized carbons (Fsp3) is 0.368. The van der Waals surface area contributed by atoms with Crippen LogP contribution in [0.1, 0.15) is 54.1 Å². The molecule has 0 amide bonds. The maximum atomic E-state index is 12.5. The Balaban J connectivity index is 1.87. The zero-order valence-electron chi connectivity index (χ0n) is 12.8. The van der Waals surface area contributed by atoms with Crippen molar-refractivity contribution in [3.63, 3.8) is 0 Å². The molecule has 1 aliphatic rings. The number of halogens is 1. The maximum Gasteiger partial charge on any atom is 0.198 e. The lowest BCUT2D eigenvalue weighted by molar-refractivity contribution is -0.125. The Labute approximate surface area is 140 Å². The number of ketones is 2. The van der Waals surface area contributed by atoms with Crippen LogP contribution in [0.2, 0.25) is 5.02 Å². The minimum atomic E-state index is -0.113. The van der Waals surface area contributed by atoms with Crippen molar-refractivity contribution in [3.8, 4) is 0 Å². The van der Waals surface area contributed by atoms with E-state index < -0.39 is 0 Å². The predicted molar refractivity (Wildman–Crippen MR) is 88.8 cm³/mol. The van der Waals surface area contributed by atoms with E-state index in [1.54, 1.807) is 12.1 Å². The number of hydrogen-bond donors (Lipinski definition) is 0. The second kappa shape index (κ2) is 7.14. The first-order valence-corrected chi connectivity index (χ1v) is 8.38. The minimum Gasteiger partial charge on any atom is -0.461 e. The van der Waals surface area contributed by atoms with Gasteiger partial charge in [0.15, 0.2) is 11.5 Å². The van der Waals surface area contributed by atoms with Crippen LogP contribution in [0.4, 0.5) is 0 Å². The lowest BCUT2D eigenvalue weighted by Crippen LogP contribution is -2.27. The van der Waals surface area contributed by atoms with Crippen molar-refractivity contribution in [2.75, 3.05) is 0 Å². The molecule has 1 aromatic heterocycles. The molecule has 1 aromatic carbocycles. The summed E-state index contributed by atoms with van der Waals surface area (Å²) < 4.78 is 5.21. The molecule has 120 valence electrons. The highest BCUT2D eigenvalue weighted by atomic mass is 35.5. The van der Waals surface area contributed by atoms with Crippen LogP contribution in [-0.2, 0) is 4.79 Å². The Morgan fingerprint density at radius 1 is 1.22 bits per heavy atom. The molecule has 0 unspecified atom stereocenters. The Morgan fingerprint density at radius 3 is 2.65 bits per heavy atom. The summed E-state index contributed by atoms with van der Waals surface area (Å²) in [5, 5.41) is 0.653. The summed E-state index contributed by atoms with van der Waals surface area (Å²) in [4.78, 5) is 24.9. The third kappa shape index (κ3) is 3.73. The van der Waals surface area contributed by atoms with Gasteiger partial charge in [0.2, 0.25) is 0 Å². The first kappa shape index (κ1) is 16.0. The van der Waals surface area contributed by atoms with Crippen molar-refractivity contribution in [1.82, 2.24) is 0 Å². The van der Waals surface area contributed by atoms with Gasteiger partial charge >= 0.3 is 0 Å². The third-order valence-electron chi connectivity index (χ3n) is 4.59. The van der Waals surface area contributed by atoms with Crippen LogP contribution >= 0.6 is 11.6 Å². The molecule has 3 rings (SSSR count). The van der Waals surface area contributed by atoms with Crippen molar-refractivity contribution in [3.05, 3.63) is 59.0 Å². The predicted octanol–water partition coefficient (Wildman–Crippen LogP) is 5.05. The van der Waals surface area contributed by atoms with Crippen LogP contribution in [0.15, 0.2) is 47.1 Å². The Morgan fingerprint density at radius 2 is 2.00 bits per heavy atom. The van der Waals surface area contributed by atoms with Gasteiger partial charge in [0.05, 0.1) is 6.26 Å². The van der Waals surface area contributed by atoms with E-state index >= 15 is 0 Å². The molecule has 1 heterocycles. The van der Waals surface area contributed by atoms with Gasteiger partial charge in [-0.2, -0.15) is 0 Å². The summed E-state index contributed by atoms with van der Waals surface area (Å²) in [7, 11) is 0. The normalized spacial score (nSPS) is 19.5. The SMILES string of the molecule is O=C(C[C@H](c1ccc(Cl)cc1)[C@H]1CCCCC1=O)c1ccco1. The van der Waals surface area contributed by atoms with Crippen LogP contribution in [0.5, 0.6) is 0 Å². The molecule has 1 fully saturated rings. The molecule has 0 N–H and O–H groups in total. The molecule has 2 aromatic rings. The summed E-state index contributed by atoms with van der Waals surface area (Å²) in [6.07, 6.45) is 5.23. The summed E-state index contributed by atoms with van der Waals surface area (Å²) in [5.41, 5.74) is 0.995. The van der Waals surface area contributed by atoms with Crippen molar-refractivity contribution in [2.24, 2.45) is 5.92 Å². The molecule has 0 saturated heterocycles. The van der Waals surface area contributed by atoms with Crippen LogP contribution in [-0.4, -0.2) is 11.6 Å². The van der Waals surface area contributed by atoms with E-state index in [0.29, 0.717) is 17.2 Å². The summed E-state index contributed by atoms with van der Waals surface area (Å²) in [5.74, 6) is 0.352. The number of benzene rings is 1. The second-order valence-electron chi connectivity index (χ2n) is 6.08. The lowest BCUT2D eigenvalue weighted by Gasteiger charge is -2.29. The molecule has 1 aliphatic carbocycles. The lowest BCUT2D eigenvalue weighted by atomic mass is 9.74. The highest BCUT2D eigenvalue weighted by molar-refractivity contribution is 6.30. The summed E-state index contributed by atoms with van der Waals surface area (Å²) >= 11 is 5.97. The first-order chi connectivity index (χ1) is 11.1. The molecule has 23 heavy (non-hydrogen) atoms. The molecule has 4 heteroatoms. The van der Waals surface area contributed by atoms with Crippen molar-refractivity contribution in [2.45, 2.75) is 38.0 Å². The molecule has 1 saturated carbocycles. The third-order valence-corrected chi connectivity index (χ3v) is 4.84. The van der Waals surface area contributed by atoms with Gasteiger partial charge in [-0.3, -0.25) is 9.59 Å². The van der Waals surface area contributed by atoms with Gasteiger partial charge in [0, 0.05) is 29.7 Å². The van der Waals surface area contributed by atoms with E-state index in [1.807, 2.05) is 24.3 Å². The highest BCUT2D eigenvalue weighted by Crippen LogP contribution is 2.37. The largest absolute Gasteiger partial charge is 0.461 e. The number of carbonyl (C=O) groups is 2. The molecule has 0 radical (unpaired) electrons. The monoisotopic (exact) mass is 330 g/mol. The Hall–Kier alpha value is -1.87. The smallest absolute Gasteiger partial charge is 0.198 e. The van der Waals surface area contributed by atoms with Crippen LogP contribution in [0, 0.1) is 5.92 Å². The Bertz CT molecular complexity index is 673. The van der Waals surface area contributed by atoms with E-state index in [0.717, 1.165) is 24.8 Å². The van der Waals surface area contributed by atoms with Gasteiger partial charge in [0.25, 0.3) is 0 Å². The van der Waals surface area contributed by atoms with Gasteiger partial charge in [0.1, 0.15) is 5.78 Å². The minimum absolute atomic E-state index is 0.0617. The maximum absolute atomic E-state index is 12.5. The number of furan rings is 1. The molecule has 0 spiro atoms. The first-order valence-electron chi connectivity index (χ1n) is 8.00. The van der Waals surface area contributed by atoms with Gasteiger partial charge in [-0.1, -0.05) is 30.2 Å². The molecule has 0 aliphatic heterocycles.